The molecule has 0 heterocycles. The van der Waals surface area contributed by atoms with Gasteiger partial charge in [0, 0.05) is 12.7 Å². The maximum atomic E-state index is 12.9. The van der Waals surface area contributed by atoms with Gasteiger partial charge in [-0.25, -0.2) is 0 Å². The van der Waals surface area contributed by atoms with Crippen LogP contribution in [0.2, 0.25) is 0 Å². The second-order valence-corrected chi connectivity index (χ2v) is 6.02. The quantitative estimate of drug-likeness (QED) is 0.490. The second-order valence-electron chi connectivity index (χ2n) is 2.80. The Labute approximate surface area is 68.7 Å². The highest BCUT2D eigenvalue weighted by atomic mass is 32.3. The molecule has 2 nitrogen and oxygen atoms in total. The number of hydrogen-bond acceptors (Lipinski definition) is 2. The first-order valence-corrected chi connectivity index (χ1v) is 5.98. The summed E-state index contributed by atoms with van der Waals surface area (Å²) in [5.41, 5.74) is 0. The molecule has 0 fully saturated rings. The Kier molecular flexibility index (Phi) is 4.49. The molecule has 0 aromatic heterocycles. The molecule has 0 rings (SSSR count). The highest BCUT2D eigenvalue weighted by Crippen LogP contribution is 2.41. The van der Waals surface area contributed by atoms with E-state index >= 15 is 0 Å². The van der Waals surface area contributed by atoms with Crippen LogP contribution in [0.4, 0.5) is 3.89 Å². The van der Waals surface area contributed by atoms with Crippen molar-refractivity contribution in [2.45, 2.75) is 13.3 Å². The number of hydrogen-bond donors (Lipinski definition) is 0. The number of halogens is 1. The lowest BCUT2D eigenvalue weighted by molar-refractivity contribution is -0.140. The van der Waals surface area contributed by atoms with Crippen molar-refractivity contribution in [2.75, 3.05) is 24.9 Å². The fraction of sp³-hybridized carbons (Fsp3) is 0.857. The van der Waals surface area contributed by atoms with Gasteiger partial charge >= 0.3 is 5.97 Å². The molecule has 0 N–H and O–H groups in total. The lowest BCUT2D eigenvalue weighted by atomic mass is 10.5. The Morgan fingerprint density at radius 1 is 1.55 bits per heavy atom. The summed E-state index contributed by atoms with van der Waals surface area (Å²) in [5, 5.41) is 0. The zero-order valence-electron chi connectivity index (χ0n) is 7.22. The van der Waals surface area contributed by atoms with Crippen molar-refractivity contribution in [1.29, 1.82) is 0 Å². The summed E-state index contributed by atoms with van der Waals surface area (Å²) in [6.07, 6.45) is 3.82. The third kappa shape index (κ3) is 9.75. The minimum Gasteiger partial charge on any atom is -0.466 e. The molecule has 0 radical (unpaired) electrons. The normalized spacial score (nSPS) is 12.7. The molecular formula is C7H15FO2S. The molecule has 11 heavy (non-hydrogen) atoms. The molecule has 0 saturated heterocycles. The summed E-state index contributed by atoms with van der Waals surface area (Å²) in [6, 6.07) is 0. The van der Waals surface area contributed by atoms with Crippen molar-refractivity contribution < 1.29 is 13.4 Å². The topological polar surface area (TPSA) is 26.3 Å². The molecule has 0 saturated carbocycles. The number of carbonyl (C=O) groups is 1. The fourth-order valence-corrected chi connectivity index (χ4v) is 1.42. The van der Waals surface area contributed by atoms with Crippen molar-refractivity contribution >= 4 is 16.4 Å². The molecule has 0 unspecified atom stereocenters. The average molecular weight is 182 g/mol. The maximum absolute atomic E-state index is 12.9. The predicted molar refractivity (Wildman–Crippen MR) is 46.7 cm³/mol. The summed E-state index contributed by atoms with van der Waals surface area (Å²) >= 11 is 0. The summed E-state index contributed by atoms with van der Waals surface area (Å²) in [7, 11) is -1.91. The molecule has 0 atom stereocenters. The standard InChI is InChI=1S/C7H15FO2S/c1-7(9)10-5-4-6-11(2,3)8/h4-6H2,1-3H3. The van der Waals surface area contributed by atoms with Gasteiger partial charge < -0.3 is 4.74 Å². The lowest BCUT2D eigenvalue weighted by Gasteiger charge is -2.18. The molecule has 0 aliphatic carbocycles. The molecule has 4 heteroatoms. The van der Waals surface area contributed by atoms with Crippen LogP contribution in [-0.4, -0.2) is 30.8 Å². The fourth-order valence-electron chi connectivity index (χ4n) is 0.618. The van der Waals surface area contributed by atoms with E-state index in [1.54, 1.807) is 12.5 Å². The lowest BCUT2D eigenvalue weighted by Crippen LogP contribution is -2.04. The Balaban J connectivity index is 3.22. The molecule has 68 valence electrons. The van der Waals surface area contributed by atoms with E-state index in [1.165, 1.54) is 6.92 Å². The van der Waals surface area contributed by atoms with Crippen LogP contribution in [0.1, 0.15) is 13.3 Å². The molecule has 0 bridgehead atoms. The first-order valence-electron chi connectivity index (χ1n) is 3.46. The van der Waals surface area contributed by atoms with Crippen molar-refractivity contribution in [3.8, 4) is 0 Å². The zero-order valence-corrected chi connectivity index (χ0v) is 8.04. The van der Waals surface area contributed by atoms with Crippen LogP contribution in [0, 0.1) is 0 Å². The number of carbonyl (C=O) groups excluding carboxylic acids is 1. The van der Waals surface area contributed by atoms with Gasteiger partial charge in [-0.2, -0.15) is 3.89 Å². The Bertz CT molecular complexity index is 131. The van der Waals surface area contributed by atoms with E-state index in [1.807, 2.05) is 0 Å². The highest BCUT2D eigenvalue weighted by molar-refractivity contribution is 8.28. The van der Waals surface area contributed by atoms with Crippen molar-refractivity contribution in [2.24, 2.45) is 0 Å². The first-order chi connectivity index (χ1) is 4.92. The SMILES string of the molecule is CC(=O)OCCCS(C)(C)F. The monoisotopic (exact) mass is 182 g/mol. The number of ether oxygens (including phenoxy) is 1. The van der Waals surface area contributed by atoms with Gasteiger partial charge in [0.25, 0.3) is 0 Å². The summed E-state index contributed by atoms with van der Waals surface area (Å²) < 4.78 is 17.5. The van der Waals surface area contributed by atoms with Crippen LogP contribution >= 0.6 is 10.4 Å². The van der Waals surface area contributed by atoms with Gasteiger partial charge in [-0.15, -0.1) is 0 Å². The Morgan fingerprint density at radius 3 is 2.45 bits per heavy atom. The van der Waals surface area contributed by atoms with E-state index in [0.717, 1.165) is 0 Å². The molecule has 0 aromatic carbocycles. The third-order valence-corrected chi connectivity index (χ3v) is 2.34. The van der Waals surface area contributed by atoms with Crippen LogP contribution < -0.4 is 0 Å². The van der Waals surface area contributed by atoms with Crippen LogP contribution in [0.25, 0.3) is 0 Å². The van der Waals surface area contributed by atoms with Crippen molar-refractivity contribution in [3.05, 3.63) is 0 Å². The molecule has 0 aromatic rings. The zero-order chi connectivity index (χ0) is 8.91. The van der Waals surface area contributed by atoms with E-state index in [0.29, 0.717) is 18.8 Å². The van der Waals surface area contributed by atoms with Gasteiger partial charge in [-0.1, -0.05) is 10.4 Å². The van der Waals surface area contributed by atoms with E-state index in [-0.39, 0.29) is 5.97 Å². The minimum atomic E-state index is -1.91. The number of esters is 1. The molecular weight excluding hydrogens is 167 g/mol. The van der Waals surface area contributed by atoms with Crippen molar-refractivity contribution in [3.63, 3.8) is 0 Å². The highest BCUT2D eigenvalue weighted by Gasteiger charge is 2.07. The minimum absolute atomic E-state index is 0.295. The maximum Gasteiger partial charge on any atom is 0.302 e. The second kappa shape index (κ2) is 4.59. The van der Waals surface area contributed by atoms with Gasteiger partial charge in [0.15, 0.2) is 0 Å². The van der Waals surface area contributed by atoms with Crippen LogP contribution in [0.5, 0.6) is 0 Å². The summed E-state index contributed by atoms with van der Waals surface area (Å²) in [4.78, 5) is 10.3. The van der Waals surface area contributed by atoms with Gasteiger partial charge in [0.2, 0.25) is 0 Å². The first kappa shape index (κ1) is 10.8. The molecule has 0 spiro atoms. The van der Waals surface area contributed by atoms with Gasteiger partial charge in [0.1, 0.15) is 0 Å². The molecule has 0 aliphatic rings. The van der Waals surface area contributed by atoms with Gasteiger partial charge in [-0.3, -0.25) is 4.79 Å². The van der Waals surface area contributed by atoms with Gasteiger partial charge in [-0.05, 0) is 18.9 Å². The molecule has 0 aliphatic heterocycles. The average Bonchev–Trinajstić information content (AvgIpc) is 1.78. The van der Waals surface area contributed by atoms with Crippen LogP contribution in [0.15, 0.2) is 0 Å². The third-order valence-electron chi connectivity index (χ3n) is 1.08. The predicted octanol–water partition coefficient (Wildman–Crippen LogP) is 1.89. The summed E-state index contributed by atoms with van der Waals surface area (Å²) in [6.45, 7) is 1.70. The van der Waals surface area contributed by atoms with Crippen molar-refractivity contribution in [1.82, 2.24) is 0 Å². The van der Waals surface area contributed by atoms with E-state index in [9.17, 15) is 8.68 Å². The van der Waals surface area contributed by atoms with Gasteiger partial charge in [0.05, 0.1) is 6.61 Å². The van der Waals surface area contributed by atoms with E-state index < -0.39 is 10.4 Å². The van der Waals surface area contributed by atoms with E-state index in [4.69, 9.17) is 0 Å². The van der Waals surface area contributed by atoms with Crippen LogP contribution in [-0.2, 0) is 9.53 Å². The smallest absolute Gasteiger partial charge is 0.302 e. The number of rotatable bonds is 4. The van der Waals surface area contributed by atoms with Crippen LogP contribution in [0.3, 0.4) is 0 Å². The Hall–Kier alpha value is -0.250. The Morgan fingerprint density at radius 2 is 2.09 bits per heavy atom. The summed E-state index contributed by atoms with van der Waals surface area (Å²) in [5.74, 6) is 0.219. The molecule has 0 amide bonds. The van der Waals surface area contributed by atoms with E-state index in [2.05, 4.69) is 4.74 Å². The largest absolute Gasteiger partial charge is 0.466 e.